The minimum atomic E-state index is -0.614. The SMILES string of the molecule is CC1(C)COc2ccc(NC(=O)Nc3ccccc3)cc2NC1=O. The average Bonchev–Trinajstić information content (AvgIpc) is 2.65. The highest BCUT2D eigenvalue weighted by Crippen LogP contribution is 2.34. The molecule has 0 radical (unpaired) electrons. The van der Waals surface area contributed by atoms with E-state index in [-0.39, 0.29) is 11.9 Å². The highest BCUT2D eigenvalue weighted by molar-refractivity contribution is 6.01. The van der Waals surface area contributed by atoms with Gasteiger partial charge in [-0.1, -0.05) is 18.2 Å². The van der Waals surface area contributed by atoms with Gasteiger partial charge in [0.2, 0.25) is 5.91 Å². The Bertz CT molecular complexity index is 772. The monoisotopic (exact) mass is 325 g/mol. The maximum absolute atomic E-state index is 12.2. The zero-order valence-electron chi connectivity index (χ0n) is 13.6. The van der Waals surface area contributed by atoms with Crippen LogP contribution >= 0.6 is 0 Å². The Balaban J connectivity index is 1.73. The number of urea groups is 1. The molecule has 3 rings (SSSR count). The maximum atomic E-state index is 12.2. The quantitative estimate of drug-likeness (QED) is 0.788. The molecule has 0 saturated heterocycles. The second-order valence-electron chi connectivity index (χ2n) is 6.28. The lowest BCUT2D eigenvalue weighted by Gasteiger charge is -2.18. The molecule has 1 aliphatic heterocycles. The van der Waals surface area contributed by atoms with Crippen LogP contribution in [0.2, 0.25) is 0 Å². The van der Waals surface area contributed by atoms with Crippen LogP contribution in [-0.2, 0) is 4.79 Å². The number of nitrogens with one attached hydrogen (secondary N) is 3. The Kier molecular flexibility index (Phi) is 4.12. The summed E-state index contributed by atoms with van der Waals surface area (Å²) in [6.07, 6.45) is 0. The molecule has 1 heterocycles. The van der Waals surface area contributed by atoms with Gasteiger partial charge in [-0.2, -0.15) is 0 Å². The largest absolute Gasteiger partial charge is 0.490 e. The molecule has 0 saturated carbocycles. The van der Waals surface area contributed by atoms with E-state index in [4.69, 9.17) is 4.74 Å². The van der Waals surface area contributed by atoms with Gasteiger partial charge in [0.15, 0.2) is 0 Å². The summed E-state index contributed by atoms with van der Waals surface area (Å²) in [7, 11) is 0. The molecule has 0 fully saturated rings. The Labute approximate surface area is 140 Å². The summed E-state index contributed by atoms with van der Waals surface area (Å²) in [4.78, 5) is 24.2. The molecule has 0 atom stereocenters. The van der Waals surface area contributed by atoms with Crippen LogP contribution in [0.25, 0.3) is 0 Å². The van der Waals surface area contributed by atoms with E-state index in [2.05, 4.69) is 16.0 Å². The van der Waals surface area contributed by atoms with Crippen molar-refractivity contribution in [1.29, 1.82) is 0 Å². The van der Waals surface area contributed by atoms with E-state index in [1.54, 1.807) is 30.3 Å². The second-order valence-corrected chi connectivity index (χ2v) is 6.28. The number of carbonyl (C=O) groups is 2. The van der Waals surface area contributed by atoms with Crippen molar-refractivity contribution in [2.75, 3.05) is 22.6 Å². The molecule has 2 aromatic carbocycles. The van der Waals surface area contributed by atoms with Gasteiger partial charge in [-0.15, -0.1) is 0 Å². The lowest BCUT2D eigenvalue weighted by molar-refractivity contribution is -0.124. The first-order valence-corrected chi connectivity index (χ1v) is 7.65. The van der Waals surface area contributed by atoms with Crippen molar-refractivity contribution in [3.63, 3.8) is 0 Å². The maximum Gasteiger partial charge on any atom is 0.323 e. The van der Waals surface area contributed by atoms with E-state index >= 15 is 0 Å². The van der Waals surface area contributed by atoms with Crippen LogP contribution in [0.4, 0.5) is 21.9 Å². The van der Waals surface area contributed by atoms with E-state index < -0.39 is 5.41 Å². The summed E-state index contributed by atoms with van der Waals surface area (Å²) in [5.41, 5.74) is 1.19. The summed E-state index contributed by atoms with van der Waals surface area (Å²) in [5.74, 6) is 0.468. The predicted octanol–water partition coefficient (Wildman–Crippen LogP) is 3.69. The molecule has 1 aliphatic rings. The predicted molar refractivity (Wildman–Crippen MR) is 93.4 cm³/mol. The number of carbonyl (C=O) groups excluding carboxylic acids is 2. The van der Waals surface area contributed by atoms with Crippen molar-refractivity contribution in [3.05, 3.63) is 48.5 Å². The van der Waals surface area contributed by atoms with Gasteiger partial charge < -0.3 is 20.7 Å². The van der Waals surface area contributed by atoms with E-state index in [0.717, 1.165) is 0 Å². The summed E-state index contributed by atoms with van der Waals surface area (Å²) >= 11 is 0. The number of fused-ring (bicyclic) bond motifs is 1. The molecule has 0 aliphatic carbocycles. The van der Waals surface area contributed by atoms with Gasteiger partial charge in [0, 0.05) is 11.4 Å². The number of ether oxygens (including phenoxy) is 1. The molecule has 6 heteroatoms. The third kappa shape index (κ3) is 3.48. The van der Waals surface area contributed by atoms with E-state index in [9.17, 15) is 9.59 Å². The van der Waals surface area contributed by atoms with Crippen LogP contribution in [0.1, 0.15) is 13.8 Å². The van der Waals surface area contributed by atoms with Gasteiger partial charge in [-0.25, -0.2) is 4.79 Å². The minimum Gasteiger partial charge on any atom is -0.490 e. The number of hydrogen-bond acceptors (Lipinski definition) is 3. The number of hydrogen-bond donors (Lipinski definition) is 3. The van der Waals surface area contributed by atoms with Gasteiger partial charge in [-0.05, 0) is 44.2 Å². The number of rotatable bonds is 2. The molecule has 3 N–H and O–H groups in total. The topological polar surface area (TPSA) is 79.5 Å². The molecule has 2 aromatic rings. The Morgan fingerprint density at radius 3 is 2.54 bits per heavy atom. The van der Waals surface area contributed by atoms with Crippen molar-refractivity contribution >= 4 is 29.0 Å². The van der Waals surface area contributed by atoms with Crippen molar-refractivity contribution in [3.8, 4) is 5.75 Å². The van der Waals surface area contributed by atoms with Crippen molar-refractivity contribution in [2.24, 2.45) is 5.41 Å². The second kappa shape index (κ2) is 6.23. The third-order valence-electron chi connectivity index (χ3n) is 3.72. The van der Waals surface area contributed by atoms with Gasteiger partial charge in [0.25, 0.3) is 0 Å². The zero-order chi connectivity index (χ0) is 17.2. The average molecular weight is 325 g/mol. The first-order valence-electron chi connectivity index (χ1n) is 7.65. The molecule has 24 heavy (non-hydrogen) atoms. The molecule has 0 unspecified atom stereocenters. The molecule has 3 amide bonds. The number of amides is 3. The first kappa shape index (κ1) is 15.9. The Morgan fingerprint density at radius 1 is 1.08 bits per heavy atom. The molecule has 0 aromatic heterocycles. The molecule has 0 spiro atoms. The van der Waals surface area contributed by atoms with Crippen LogP contribution in [-0.4, -0.2) is 18.5 Å². The minimum absolute atomic E-state index is 0.118. The fraction of sp³-hybridized carbons (Fsp3) is 0.222. The van der Waals surface area contributed by atoms with E-state index in [0.29, 0.717) is 29.4 Å². The highest BCUT2D eigenvalue weighted by Gasteiger charge is 2.32. The lowest BCUT2D eigenvalue weighted by atomic mass is 9.94. The number of anilines is 3. The lowest BCUT2D eigenvalue weighted by Crippen LogP contribution is -2.33. The summed E-state index contributed by atoms with van der Waals surface area (Å²) in [6, 6.07) is 13.9. The molecule has 124 valence electrons. The third-order valence-corrected chi connectivity index (χ3v) is 3.72. The van der Waals surface area contributed by atoms with Crippen LogP contribution < -0.4 is 20.7 Å². The standard InChI is InChI=1S/C18H19N3O3/c1-18(2)11-24-15-9-8-13(10-14(15)21-16(18)22)20-17(23)19-12-6-4-3-5-7-12/h3-10H,11H2,1-2H3,(H,21,22)(H2,19,20,23). The fourth-order valence-corrected chi connectivity index (χ4v) is 2.26. The smallest absolute Gasteiger partial charge is 0.323 e. The van der Waals surface area contributed by atoms with Crippen molar-refractivity contribution in [2.45, 2.75) is 13.8 Å². The molecule has 0 bridgehead atoms. The van der Waals surface area contributed by atoms with Gasteiger partial charge >= 0.3 is 6.03 Å². The van der Waals surface area contributed by atoms with Crippen LogP contribution in [0, 0.1) is 5.41 Å². The molecule has 6 nitrogen and oxygen atoms in total. The van der Waals surface area contributed by atoms with Gasteiger partial charge in [0.1, 0.15) is 12.4 Å². The zero-order valence-corrected chi connectivity index (χ0v) is 13.6. The van der Waals surface area contributed by atoms with E-state index in [1.165, 1.54) is 0 Å². The number of para-hydroxylation sites is 1. The highest BCUT2D eigenvalue weighted by atomic mass is 16.5. The summed E-state index contributed by atoms with van der Waals surface area (Å²) in [5, 5.41) is 8.32. The fourth-order valence-electron chi connectivity index (χ4n) is 2.26. The van der Waals surface area contributed by atoms with Crippen molar-refractivity contribution in [1.82, 2.24) is 0 Å². The Hall–Kier alpha value is -3.02. The summed E-state index contributed by atoms with van der Waals surface area (Å²) in [6.45, 7) is 3.94. The van der Waals surface area contributed by atoms with E-state index in [1.807, 2.05) is 32.0 Å². The summed E-state index contributed by atoms with van der Waals surface area (Å²) < 4.78 is 5.68. The molecular weight excluding hydrogens is 306 g/mol. The Morgan fingerprint density at radius 2 is 1.79 bits per heavy atom. The van der Waals surface area contributed by atoms with Gasteiger partial charge in [-0.3, -0.25) is 4.79 Å². The van der Waals surface area contributed by atoms with Gasteiger partial charge in [0.05, 0.1) is 11.1 Å². The number of benzene rings is 2. The van der Waals surface area contributed by atoms with Crippen LogP contribution in [0.3, 0.4) is 0 Å². The molecular formula is C18H19N3O3. The normalized spacial score (nSPS) is 15.3. The first-order chi connectivity index (χ1) is 11.4. The van der Waals surface area contributed by atoms with Crippen LogP contribution in [0.5, 0.6) is 5.75 Å². The van der Waals surface area contributed by atoms with Crippen molar-refractivity contribution < 1.29 is 14.3 Å². The van der Waals surface area contributed by atoms with Crippen LogP contribution in [0.15, 0.2) is 48.5 Å².